The van der Waals surface area contributed by atoms with Crippen molar-refractivity contribution in [1.82, 2.24) is 20.1 Å². The minimum Gasteiger partial charge on any atom is -0.480 e. The highest BCUT2D eigenvalue weighted by atomic mass is 32.2. The van der Waals surface area contributed by atoms with Crippen LogP contribution in [0.15, 0.2) is 11.5 Å². The van der Waals surface area contributed by atoms with Crippen LogP contribution in [0, 0.1) is 0 Å². The van der Waals surface area contributed by atoms with Crippen LogP contribution in [0.5, 0.6) is 0 Å². The molecule has 1 saturated carbocycles. The third kappa shape index (κ3) is 3.06. The van der Waals surface area contributed by atoms with Crippen LogP contribution in [0.3, 0.4) is 0 Å². The summed E-state index contributed by atoms with van der Waals surface area (Å²) in [5.74, 6) is -1.11. The van der Waals surface area contributed by atoms with Crippen molar-refractivity contribution in [3.05, 3.63) is 6.33 Å². The molecule has 0 aliphatic heterocycles. The van der Waals surface area contributed by atoms with Gasteiger partial charge in [0, 0.05) is 6.04 Å². The molecule has 1 heterocycles. The number of carboxylic acids is 1. The molecule has 8 heteroatoms. The van der Waals surface area contributed by atoms with Crippen LogP contribution < -0.4 is 5.32 Å². The van der Waals surface area contributed by atoms with E-state index < -0.39 is 11.5 Å². The number of aliphatic carboxylic acids is 1. The maximum atomic E-state index is 11.7. The largest absolute Gasteiger partial charge is 0.480 e. The summed E-state index contributed by atoms with van der Waals surface area (Å²) in [5.41, 5.74) is -1.02. The van der Waals surface area contributed by atoms with E-state index in [0.29, 0.717) is 18.0 Å². The topological polar surface area (TPSA) is 97.1 Å². The van der Waals surface area contributed by atoms with Gasteiger partial charge in [-0.05, 0) is 26.7 Å². The zero-order valence-electron chi connectivity index (χ0n) is 10.8. The van der Waals surface area contributed by atoms with E-state index in [4.69, 9.17) is 5.11 Å². The van der Waals surface area contributed by atoms with Crippen molar-refractivity contribution >= 4 is 23.6 Å². The normalized spacial score (nSPS) is 16.4. The van der Waals surface area contributed by atoms with E-state index in [1.807, 2.05) is 18.4 Å². The Morgan fingerprint density at radius 2 is 2.26 bits per heavy atom. The third-order valence-electron chi connectivity index (χ3n) is 2.97. The average Bonchev–Trinajstić information content (AvgIpc) is 2.96. The van der Waals surface area contributed by atoms with Gasteiger partial charge in [0.2, 0.25) is 5.91 Å². The number of carbonyl (C=O) groups excluding carboxylic acids is 1. The fourth-order valence-corrected chi connectivity index (χ4v) is 2.48. The van der Waals surface area contributed by atoms with Crippen LogP contribution in [-0.2, 0) is 9.59 Å². The fourth-order valence-electron chi connectivity index (χ4n) is 1.64. The second-order valence-electron chi connectivity index (χ2n) is 4.84. The summed E-state index contributed by atoms with van der Waals surface area (Å²) in [4.78, 5) is 22.7. The average molecular weight is 284 g/mol. The number of nitrogens with zero attached hydrogens (tertiary/aromatic N) is 3. The first-order valence-corrected chi connectivity index (χ1v) is 7.00. The number of rotatable bonds is 6. The van der Waals surface area contributed by atoms with E-state index in [2.05, 4.69) is 15.5 Å². The van der Waals surface area contributed by atoms with Gasteiger partial charge in [0.15, 0.2) is 5.16 Å². The van der Waals surface area contributed by atoms with Crippen molar-refractivity contribution in [2.75, 3.05) is 5.75 Å². The van der Waals surface area contributed by atoms with Gasteiger partial charge in [-0.2, -0.15) is 0 Å². The summed E-state index contributed by atoms with van der Waals surface area (Å²) in [6.07, 6.45) is 2.62. The van der Waals surface area contributed by atoms with Crippen LogP contribution in [0.1, 0.15) is 32.7 Å². The van der Waals surface area contributed by atoms with Crippen molar-refractivity contribution in [1.29, 1.82) is 0 Å². The molecular formula is C11H16N4O3S. The number of thioether (sulfide) groups is 1. The van der Waals surface area contributed by atoms with Gasteiger partial charge < -0.3 is 15.0 Å². The first kappa shape index (κ1) is 13.9. The molecule has 7 nitrogen and oxygen atoms in total. The van der Waals surface area contributed by atoms with Crippen molar-refractivity contribution in [3.8, 4) is 0 Å². The quantitative estimate of drug-likeness (QED) is 0.746. The summed E-state index contributed by atoms with van der Waals surface area (Å²) in [5, 5.41) is 19.9. The molecule has 2 N–H and O–H groups in total. The molecule has 1 aliphatic carbocycles. The lowest BCUT2D eigenvalue weighted by Crippen LogP contribution is -2.43. The molecule has 1 amide bonds. The predicted octanol–water partition coefficient (Wildman–Crippen LogP) is 0.684. The number of hydrogen-bond donors (Lipinski definition) is 2. The maximum absolute atomic E-state index is 11.7. The standard InChI is InChI=1S/C11H16N4O3S/c1-7(2)15-6-12-14-10(15)19-5-8(16)13-11(3-4-11)9(17)18/h6-7H,3-5H2,1-2H3,(H,13,16)(H,17,18). The molecule has 0 aromatic carbocycles. The van der Waals surface area contributed by atoms with Crippen molar-refractivity contribution in [3.63, 3.8) is 0 Å². The van der Waals surface area contributed by atoms with Crippen LogP contribution in [0.2, 0.25) is 0 Å². The molecule has 0 bridgehead atoms. The van der Waals surface area contributed by atoms with Gasteiger partial charge in [0.25, 0.3) is 0 Å². The van der Waals surface area contributed by atoms with E-state index in [-0.39, 0.29) is 17.7 Å². The number of carboxylic acid groups (broad SMARTS) is 1. The lowest BCUT2D eigenvalue weighted by Gasteiger charge is -2.12. The van der Waals surface area contributed by atoms with Gasteiger partial charge in [-0.25, -0.2) is 4.79 Å². The molecular weight excluding hydrogens is 268 g/mol. The molecule has 0 spiro atoms. The smallest absolute Gasteiger partial charge is 0.329 e. The van der Waals surface area contributed by atoms with Gasteiger partial charge in [0.05, 0.1) is 5.75 Å². The first-order valence-electron chi connectivity index (χ1n) is 6.01. The number of aromatic nitrogens is 3. The molecule has 1 aromatic rings. The highest BCUT2D eigenvalue weighted by molar-refractivity contribution is 7.99. The molecule has 2 rings (SSSR count). The third-order valence-corrected chi connectivity index (χ3v) is 3.92. The van der Waals surface area contributed by atoms with E-state index in [1.54, 1.807) is 6.33 Å². The molecule has 104 valence electrons. The van der Waals surface area contributed by atoms with Gasteiger partial charge in [-0.1, -0.05) is 11.8 Å². The Labute approximate surface area is 114 Å². The lowest BCUT2D eigenvalue weighted by molar-refractivity contribution is -0.142. The van der Waals surface area contributed by atoms with Crippen LogP contribution in [0.25, 0.3) is 0 Å². The molecule has 0 saturated heterocycles. The number of carbonyl (C=O) groups is 2. The summed E-state index contributed by atoms with van der Waals surface area (Å²) in [6, 6.07) is 0.217. The van der Waals surface area contributed by atoms with Crippen LogP contribution >= 0.6 is 11.8 Å². The minimum absolute atomic E-state index is 0.139. The van der Waals surface area contributed by atoms with E-state index in [0.717, 1.165) is 0 Å². The van der Waals surface area contributed by atoms with Gasteiger partial charge in [-0.3, -0.25) is 4.79 Å². The Balaban J connectivity index is 1.87. The summed E-state index contributed by atoms with van der Waals surface area (Å²) >= 11 is 1.25. The molecule has 0 radical (unpaired) electrons. The van der Waals surface area contributed by atoms with Crippen LogP contribution in [0.4, 0.5) is 0 Å². The van der Waals surface area contributed by atoms with Crippen LogP contribution in [-0.4, -0.2) is 43.0 Å². The van der Waals surface area contributed by atoms with E-state index >= 15 is 0 Å². The molecule has 1 aromatic heterocycles. The van der Waals surface area contributed by atoms with Crippen molar-refractivity contribution < 1.29 is 14.7 Å². The Bertz CT molecular complexity index is 496. The van der Waals surface area contributed by atoms with Gasteiger partial charge in [0.1, 0.15) is 11.9 Å². The highest BCUT2D eigenvalue weighted by Crippen LogP contribution is 2.35. The van der Waals surface area contributed by atoms with E-state index in [9.17, 15) is 9.59 Å². The second kappa shape index (κ2) is 5.20. The maximum Gasteiger partial charge on any atom is 0.329 e. The summed E-state index contributed by atoms with van der Waals surface area (Å²) < 4.78 is 1.86. The molecule has 1 fully saturated rings. The lowest BCUT2D eigenvalue weighted by atomic mass is 10.3. The number of hydrogen-bond acceptors (Lipinski definition) is 5. The van der Waals surface area contributed by atoms with E-state index in [1.165, 1.54) is 11.8 Å². The summed E-state index contributed by atoms with van der Waals surface area (Å²) in [6.45, 7) is 3.99. The first-order chi connectivity index (χ1) is 8.94. The number of amides is 1. The molecule has 1 aliphatic rings. The second-order valence-corrected chi connectivity index (χ2v) is 5.78. The summed E-state index contributed by atoms with van der Waals surface area (Å²) in [7, 11) is 0. The van der Waals surface area contributed by atoms with Gasteiger partial charge >= 0.3 is 5.97 Å². The zero-order chi connectivity index (χ0) is 14.0. The fraction of sp³-hybridized carbons (Fsp3) is 0.636. The Hall–Kier alpha value is -1.57. The Morgan fingerprint density at radius 3 is 2.79 bits per heavy atom. The highest BCUT2D eigenvalue weighted by Gasteiger charge is 2.51. The van der Waals surface area contributed by atoms with Crippen molar-refractivity contribution in [2.24, 2.45) is 0 Å². The molecule has 0 atom stereocenters. The SMILES string of the molecule is CC(C)n1cnnc1SCC(=O)NC1(C(=O)O)CC1. The number of nitrogens with one attached hydrogen (secondary N) is 1. The predicted molar refractivity (Wildman–Crippen MR) is 68.9 cm³/mol. The zero-order valence-corrected chi connectivity index (χ0v) is 11.6. The monoisotopic (exact) mass is 284 g/mol. The minimum atomic E-state index is -1.02. The van der Waals surface area contributed by atoms with Crippen molar-refractivity contribution in [2.45, 2.75) is 43.4 Å². The molecule has 19 heavy (non-hydrogen) atoms. The Morgan fingerprint density at radius 1 is 1.58 bits per heavy atom. The van der Waals surface area contributed by atoms with Gasteiger partial charge in [-0.15, -0.1) is 10.2 Å². The molecule has 0 unspecified atom stereocenters. The Kier molecular flexibility index (Phi) is 3.79.